The molecule has 0 amide bonds. The molecule has 3 nitrogen and oxygen atoms in total. The number of halogens is 1. The van der Waals surface area contributed by atoms with Crippen molar-refractivity contribution in [3.8, 4) is 0 Å². The predicted molar refractivity (Wildman–Crippen MR) is 71.0 cm³/mol. The molecule has 0 aliphatic heterocycles. The molecule has 0 unspecified atom stereocenters. The Labute approximate surface area is 111 Å². The second kappa shape index (κ2) is 5.27. The zero-order chi connectivity index (χ0) is 13.1. The summed E-state index contributed by atoms with van der Waals surface area (Å²) in [5.41, 5.74) is 3.10. The van der Waals surface area contributed by atoms with Gasteiger partial charge < -0.3 is 0 Å². The Morgan fingerprint density at radius 3 is 2.72 bits per heavy atom. The van der Waals surface area contributed by atoms with Crippen LogP contribution in [0.2, 0.25) is 5.02 Å². The molecule has 0 atom stereocenters. The molecule has 2 heterocycles. The zero-order valence-electron chi connectivity index (χ0n) is 10.3. The van der Waals surface area contributed by atoms with E-state index in [0.29, 0.717) is 10.6 Å². The Bertz CT molecular complexity index is 596. The maximum atomic E-state index is 12.2. The minimum atomic E-state index is 0.0214. The van der Waals surface area contributed by atoms with E-state index >= 15 is 0 Å². The van der Waals surface area contributed by atoms with Crippen LogP contribution in [0.1, 0.15) is 27.3 Å². The van der Waals surface area contributed by atoms with Gasteiger partial charge in [0.25, 0.3) is 0 Å². The van der Waals surface area contributed by atoms with Gasteiger partial charge >= 0.3 is 0 Å². The first kappa shape index (κ1) is 12.7. The molecule has 2 aromatic rings. The molecule has 0 radical (unpaired) electrons. The molecule has 0 aromatic carbocycles. The van der Waals surface area contributed by atoms with Gasteiger partial charge in [0.1, 0.15) is 0 Å². The average molecular weight is 261 g/mol. The summed E-state index contributed by atoms with van der Waals surface area (Å²) >= 11 is 5.99. The molecule has 0 aliphatic rings. The van der Waals surface area contributed by atoms with Crippen molar-refractivity contribution in [2.24, 2.45) is 0 Å². The van der Waals surface area contributed by atoms with Crippen molar-refractivity contribution in [2.45, 2.75) is 20.3 Å². The average Bonchev–Trinajstić information content (AvgIpc) is 2.32. The molecule has 0 saturated carbocycles. The molecule has 0 aliphatic carbocycles. The summed E-state index contributed by atoms with van der Waals surface area (Å²) in [5, 5.41) is 0.517. The van der Waals surface area contributed by atoms with Crippen LogP contribution < -0.4 is 0 Å². The number of carbonyl (C=O) groups is 1. The number of pyridine rings is 2. The third kappa shape index (κ3) is 2.74. The van der Waals surface area contributed by atoms with Crippen LogP contribution in [0.25, 0.3) is 0 Å². The van der Waals surface area contributed by atoms with Gasteiger partial charge in [-0.25, -0.2) is 0 Å². The van der Waals surface area contributed by atoms with Crippen molar-refractivity contribution >= 4 is 17.4 Å². The highest BCUT2D eigenvalue weighted by molar-refractivity contribution is 6.31. The molecule has 18 heavy (non-hydrogen) atoms. The fourth-order valence-corrected chi connectivity index (χ4v) is 1.98. The maximum Gasteiger partial charge on any atom is 0.169 e. The van der Waals surface area contributed by atoms with E-state index in [1.807, 2.05) is 26.0 Å². The van der Waals surface area contributed by atoms with Crippen LogP contribution in [0.5, 0.6) is 0 Å². The van der Waals surface area contributed by atoms with Crippen molar-refractivity contribution in [1.82, 2.24) is 9.97 Å². The smallest absolute Gasteiger partial charge is 0.169 e. The first-order chi connectivity index (χ1) is 8.58. The number of hydrogen-bond acceptors (Lipinski definition) is 3. The van der Waals surface area contributed by atoms with Gasteiger partial charge in [-0.1, -0.05) is 11.6 Å². The summed E-state index contributed by atoms with van der Waals surface area (Å²) in [5.74, 6) is 0.0214. The highest BCUT2D eigenvalue weighted by Gasteiger charge is 2.12. The number of ketones is 1. The van der Waals surface area contributed by atoms with Gasteiger partial charge in [0, 0.05) is 35.8 Å². The zero-order valence-corrected chi connectivity index (χ0v) is 11.0. The Hall–Kier alpha value is -1.74. The fourth-order valence-electron chi connectivity index (χ4n) is 1.80. The minimum absolute atomic E-state index is 0.0214. The van der Waals surface area contributed by atoms with Gasteiger partial charge in [-0.15, -0.1) is 0 Å². The van der Waals surface area contributed by atoms with Gasteiger partial charge in [-0.05, 0) is 37.6 Å². The number of Topliss-reactive ketones (excluding diaryl/α,β-unsaturated/α-hetero) is 1. The molecule has 4 heteroatoms. The number of rotatable bonds is 3. The van der Waals surface area contributed by atoms with E-state index in [0.717, 1.165) is 17.0 Å². The van der Waals surface area contributed by atoms with E-state index in [-0.39, 0.29) is 12.2 Å². The van der Waals surface area contributed by atoms with Crippen LogP contribution in [0.4, 0.5) is 0 Å². The van der Waals surface area contributed by atoms with E-state index in [1.165, 1.54) is 0 Å². The lowest BCUT2D eigenvalue weighted by Crippen LogP contribution is -2.07. The van der Waals surface area contributed by atoms with E-state index in [2.05, 4.69) is 9.97 Å². The van der Waals surface area contributed by atoms with Gasteiger partial charge in [-0.2, -0.15) is 0 Å². The number of carbonyl (C=O) groups excluding carboxylic acids is 1. The lowest BCUT2D eigenvalue weighted by atomic mass is 10.0. The minimum Gasteiger partial charge on any atom is -0.294 e. The fraction of sp³-hybridized carbons (Fsp3) is 0.214. The highest BCUT2D eigenvalue weighted by Crippen LogP contribution is 2.17. The quantitative estimate of drug-likeness (QED) is 0.796. The predicted octanol–water partition coefficient (Wildman–Crippen LogP) is 3.17. The van der Waals surface area contributed by atoms with Crippen molar-refractivity contribution in [3.63, 3.8) is 0 Å². The lowest BCUT2D eigenvalue weighted by molar-refractivity contribution is 0.0992. The lowest BCUT2D eigenvalue weighted by Gasteiger charge is -2.06. The standard InChI is InChI=1S/C14H13ClN2O/c1-9-3-4-12(10(2)17-9)14(18)7-11-5-6-16-8-13(11)15/h3-6,8H,7H2,1-2H3. The van der Waals surface area contributed by atoms with Crippen molar-refractivity contribution in [1.29, 1.82) is 0 Å². The van der Waals surface area contributed by atoms with Gasteiger partial charge in [0.15, 0.2) is 5.78 Å². The van der Waals surface area contributed by atoms with E-state index < -0.39 is 0 Å². The van der Waals surface area contributed by atoms with Crippen LogP contribution >= 0.6 is 11.6 Å². The third-order valence-electron chi connectivity index (χ3n) is 2.73. The molecule has 0 fully saturated rings. The summed E-state index contributed by atoms with van der Waals surface area (Å²) in [6, 6.07) is 5.42. The van der Waals surface area contributed by atoms with Crippen LogP contribution in [-0.2, 0) is 6.42 Å². The Balaban J connectivity index is 2.25. The van der Waals surface area contributed by atoms with E-state index in [4.69, 9.17) is 11.6 Å². The number of aromatic nitrogens is 2. The SMILES string of the molecule is Cc1ccc(C(=O)Cc2ccncc2Cl)c(C)n1. The molecule has 0 spiro atoms. The van der Waals surface area contributed by atoms with Crippen LogP contribution in [0.3, 0.4) is 0 Å². The largest absolute Gasteiger partial charge is 0.294 e. The number of aryl methyl sites for hydroxylation is 2. The Kier molecular flexibility index (Phi) is 3.72. The van der Waals surface area contributed by atoms with Crippen LogP contribution in [0, 0.1) is 13.8 Å². The summed E-state index contributed by atoms with van der Waals surface area (Å²) in [6.45, 7) is 3.75. The second-order valence-electron chi connectivity index (χ2n) is 4.15. The van der Waals surface area contributed by atoms with Crippen LogP contribution in [-0.4, -0.2) is 15.8 Å². The van der Waals surface area contributed by atoms with Crippen molar-refractivity contribution in [2.75, 3.05) is 0 Å². The molecule has 2 rings (SSSR count). The van der Waals surface area contributed by atoms with Gasteiger partial charge in [0.05, 0.1) is 5.02 Å². The Morgan fingerprint density at radius 1 is 1.28 bits per heavy atom. The molecule has 0 saturated heterocycles. The Morgan fingerprint density at radius 2 is 2.06 bits per heavy atom. The molecular weight excluding hydrogens is 248 g/mol. The number of nitrogens with zero attached hydrogens (tertiary/aromatic N) is 2. The summed E-state index contributed by atoms with van der Waals surface area (Å²) in [6.07, 6.45) is 3.45. The normalized spacial score (nSPS) is 10.4. The van der Waals surface area contributed by atoms with Crippen molar-refractivity contribution < 1.29 is 4.79 Å². The summed E-state index contributed by atoms with van der Waals surface area (Å²) in [4.78, 5) is 20.4. The van der Waals surface area contributed by atoms with E-state index in [9.17, 15) is 4.79 Å². The van der Waals surface area contributed by atoms with E-state index in [1.54, 1.807) is 18.5 Å². The second-order valence-corrected chi connectivity index (χ2v) is 4.56. The molecule has 2 aromatic heterocycles. The monoisotopic (exact) mass is 260 g/mol. The molecule has 0 bridgehead atoms. The molecule has 92 valence electrons. The van der Waals surface area contributed by atoms with Crippen LogP contribution in [0.15, 0.2) is 30.6 Å². The molecule has 0 N–H and O–H groups in total. The summed E-state index contributed by atoms with van der Waals surface area (Å²) in [7, 11) is 0. The topological polar surface area (TPSA) is 42.9 Å². The van der Waals surface area contributed by atoms with Crippen molar-refractivity contribution in [3.05, 3.63) is 58.1 Å². The highest BCUT2D eigenvalue weighted by atomic mass is 35.5. The maximum absolute atomic E-state index is 12.2. The first-order valence-electron chi connectivity index (χ1n) is 5.64. The molecular formula is C14H13ClN2O. The first-order valence-corrected chi connectivity index (χ1v) is 6.01. The number of hydrogen-bond donors (Lipinski definition) is 0. The summed E-state index contributed by atoms with van der Waals surface area (Å²) < 4.78 is 0. The van der Waals surface area contributed by atoms with Gasteiger partial charge in [0.2, 0.25) is 0 Å². The van der Waals surface area contributed by atoms with Gasteiger partial charge in [-0.3, -0.25) is 14.8 Å². The third-order valence-corrected chi connectivity index (χ3v) is 3.07.